The molecule has 2 heterocycles. The van der Waals surface area contributed by atoms with Gasteiger partial charge in [-0.05, 0) is 25.0 Å². The van der Waals surface area contributed by atoms with Gasteiger partial charge in [-0.2, -0.15) is 10.1 Å². The van der Waals surface area contributed by atoms with Crippen molar-refractivity contribution in [1.29, 1.82) is 0 Å². The fraction of sp³-hybridized carbons (Fsp3) is 0.583. The van der Waals surface area contributed by atoms with E-state index in [2.05, 4.69) is 39.3 Å². The number of thioether (sulfide) groups is 1. The third-order valence-corrected chi connectivity index (χ3v) is 3.57. The molecule has 18 heavy (non-hydrogen) atoms. The summed E-state index contributed by atoms with van der Waals surface area (Å²) >= 11 is 1.77. The summed E-state index contributed by atoms with van der Waals surface area (Å²) in [5, 5.41) is 12.1. The Morgan fingerprint density at radius 3 is 2.94 bits per heavy atom. The molecule has 0 unspecified atom stereocenters. The van der Waals surface area contributed by atoms with Gasteiger partial charge in [0.1, 0.15) is 5.03 Å². The minimum Gasteiger partial charge on any atom is -0.354 e. The number of nitrogens with zero attached hydrogens (tertiary/aromatic N) is 3. The Bertz CT molecular complexity index is 508. The number of nitrogens with one attached hydrogen (secondary N) is 2. The molecule has 0 saturated carbocycles. The number of hydrogen-bond donors (Lipinski definition) is 2. The van der Waals surface area contributed by atoms with E-state index >= 15 is 0 Å². The maximum absolute atomic E-state index is 4.54. The fourth-order valence-electron chi connectivity index (χ4n) is 1.55. The van der Waals surface area contributed by atoms with Gasteiger partial charge in [-0.15, -0.1) is 11.8 Å². The van der Waals surface area contributed by atoms with Crippen LogP contribution in [0.2, 0.25) is 0 Å². The Balaban J connectivity index is 2.20. The van der Waals surface area contributed by atoms with Gasteiger partial charge in [-0.3, -0.25) is 5.10 Å². The molecule has 0 aliphatic rings. The van der Waals surface area contributed by atoms with Crippen molar-refractivity contribution in [3.63, 3.8) is 0 Å². The molecule has 0 bridgehead atoms. The summed E-state index contributed by atoms with van der Waals surface area (Å²) in [6.45, 7) is 7.32. The number of hydrogen-bond acceptors (Lipinski definition) is 5. The van der Waals surface area contributed by atoms with E-state index in [0.717, 1.165) is 28.4 Å². The second-order valence-corrected chi connectivity index (χ2v) is 5.63. The molecule has 0 aliphatic carbocycles. The normalized spacial score (nSPS) is 11.3. The number of H-pyrrole nitrogens is 1. The maximum Gasteiger partial charge on any atom is 0.225 e. The molecule has 0 atom stereocenters. The molecule has 0 fully saturated rings. The summed E-state index contributed by atoms with van der Waals surface area (Å²) in [5.41, 5.74) is 0.799. The number of aromatic amines is 1. The standard InChI is InChI=1S/C12H19N5S/c1-4-13-12-15-10-9(7-14-17-10)11(16-12)18-6-5-8(2)3/h7-8H,4-6H2,1-3H3,(H2,13,14,15,16,17). The lowest BCUT2D eigenvalue weighted by Gasteiger charge is -2.07. The van der Waals surface area contributed by atoms with Crippen molar-refractivity contribution in [2.45, 2.75) is 32.2 Å². The molecule has 2 aromatic heterocycles. The summed E-state index contributed by atoms with van der Waals surface area (Å²) in [6, 6.07) is 0. The van der Waals surface area contributed by atoms with Gasteiger partial charge in [0.25, 0.3) is 0 Å². The van der Waals surface area contributed by atoms with Crippen molar-refractivity contribution < 1.29 is 0 Å². The van der Waals surface area contributed by atoms with E-state index in [-0.39, 0.29) is 0 Å². The second kappa shape index (κ2) is 6.04. The van der Waals surface area contributed by atoms with Crippen LogP contribution in [0.4, 0.5) is 5.95 Å². The van der Waals surface area contributed by atoms with Crippen molar-refractivity contribution in [2.24, 2.45) is 5.92 Å². The van der Waals surface area contributed by atoms with Gasteiger partial charge in [-0.1, -0.05) is 13.8 Å². The van der Waals surface area contributed by atoms with Crippen LogP contribution in [0, 0.1) is 5.92 Å². The predicted molar refractivity (Wildman–Crippen MR) is 76.0 cm³/mol. The Kier molecular flexibility index (Phi) is 4.41. The van der Waals surface area contributed by atoms with Crippen LogP contribution < -0.4 is 5.32 Å². The molecule has 6 heteroatoms. The second-order valence-electron chi connectivity index (χ2n) is 4.55. The van der Waals surface area contributed by atoms with E-state index < -0.39 is 0 Å². The lowest BCUT2D eigenvalue weighted by Crippen LogP contribution is -2.03. The van der Waals surface area contributed by atoms with E-state index in [9.17, 15) is 0 Å². The average molecular weight is 265 g/mol. The van der Waals surface area contributed by atoms with Crippen LogP contribution in [0.5, 0.6) is 0 Å². The molecule has 5 nitrogen and oxygen atoms in total. The predicted octanol–water partition coefficient (Wildman–Crippen LogP) is 2.92. The van der Waals surface area contributed by atoms with Crippen molar-refractivity contribution >= 4 is 28.7 Å². The zero-order chi connectivity index (χ0) is 13.0. The summed E-state index contributed by atoms with van der Waals surface area (Å²) in [4.78, 5) is 8.92. The quantitative estimate of drug-likeness (QED) is 0.621. The van der Waals surface area contributed by atoms with E-state index in [4.69, 9.17) is 0 Å². The van der Waals surface area contributed by atoms with Gasteiger partial charge >= 0.3 is 0 Å². The number of anilines is 1. The Morgan fingerprint density at radius 1 is 1.39 bits per heavy atom. The van der Waals surface area contributed by atoms with Crippen molar-refractivity contribution in [3.05, 3.63) is 6.20 Å². The molecular formula is C12H19N5S. The summed E-state index contributed by atoms with van der Waals surface area (Å²) in [7, 11) is 0. The van der Waals surface area contributed by atoms with E-state index in [1.54, 1.807) is 18.0 Å². The monoisotopic (exact) mass is 265 g/mol. The van der Waals surface area contributed by atoms with Gasteiger partial charge in [0, 0.05) is 6.54 Å². The number of aromatic nitrogens is 4. The SMILES string of the molecule is CCNc1nc(SCCC(C)C)c2cn[nH]c2n1. The van der Waals surface area contributed by atoms with Crippen LogP contribution in [-0.2, 0) is 0 Å². The Morgan fingerprint density at radius 2 is 2.22 bits per heavy atom. The van der Waals surface area contributed by atoms with Crippen molar-refractivity contribution in [1.82, 2.24) is 20.2 Å². The van der Waals surface area contributed by atoms with Crippen molar-refractivity contribution in [3.8, 4) is 0 Å². The lowest BCUT2D eigenvalue weighted by atomic mass is 10.2. The minimum absolute atomic E-state index is 0.668. The highest BCUT2D eigenvalue weighted by molar-refractivity contribution is 7.99. The van der Waals surface area contributed by atoms with Gasteiger partial charge in [-0.25, -0.2) is 4.98 Å². The molecule has 2 rings (SSSR count). The van der Waals surface area contributed by atoms with E-state index in [1.807, 2.05) is 6.92 Å². The van der Waals surface area contributed by atoms with Gasteiger partial charge in [0.05, 0.1) is 11.6 Å². The first-order chi connectivity index (χ1) is 8.70. The molecular weight excluding hydrogens is 246 g/mol. The smallest absolute Gasteiger partial charge is 0.225 e. The molecule has 2 N–H and O–H groups in total. The maximum atomic E-state index is 4.54. The van der Waals surface area contributed by atoms with Crippen LogP contribution in [0.1, 0.15) is 27.2 Å². The van der Waals surface area contributed by atoms with Crippen LogP contribution in [0.25, 0.3) is 11.0 Å². The zero-order valence-electron chi connectivity index (χ0n) is 11.0. The molecule has 98 valence electrons. The molecule has 0 saturated heterocycles. The average Bonchev–Trinajstić information content (AvgIpc) is 2.77. The molecule has 0 aliphatic heterocycles. The number of fused-ring (bicyclic) bond motifs is 1. The Labute approximate surface area is 111 Å². The minimum atomic E-state index is 0.668. The molecule has 2 aromatic rings. The largest absolute Gasteiger partial charge is 0.354 e. The zero-order valence-corrected chi connectivity index (χ0v) is 11.8. The first kappa shape index (κ1) is 13.1. The molecule has 0 amide bonds. The third-order valence-electron chi connectivity index (χ3n) is 2.54. The van der Waals surface area contributed by atoms with Crippen LogP contribution >= 0.6 is 11.8 Å². The first-order valence-electron chi connectivity index (χ1n) is 6.28. The van der Waals surface area contributed by atoms with Crippen LogP contribution in [0.15, 0.2) is 11.2 Å². The highest BCUT2D eigenvalue weighted by Gasteiger charge is 2.09. The van der Waals surface area contributed by atoms with Gasteiger partial charge in [0.2, 0.25) is 5.95 Å². The fourth-order valence-corrected chi connectivity index (χ4v) is 2.79. The van der Waals surface area contributed by atoms with Crippen LogP contribution in [-0.4, -0.2) is 32.5 Å². The van der Waals surface area contributed by atoms with E-state index in [0.29, 0.717) is 11.9 Å². The van der Waals surface area contributed by atoms with Gasteiger partial charge in [0.15, 0.2) is 5.65 Å². The lowest BCUT2D eigenvalue weighted by molar-refractivity contribution is 0.632. The first-order valence-corrected chi connectivity index (χ1v) is 7.27. The highest BCUT2D eigenvalue weighted by atomic mass is 32.2. The highest BCUT2D eigenvalue weighted by Crippen LogP contribution is 2.26. The van der Waals surface area contributed by atoms with Crippen molar-refractivity contribution in [2.75, 3.05) is 17.6 Å². The van der Waals surface area contributed by atoms with E-state index in [1.165, 1.54) is 6.42 Å². The summed E-state index contributed by atoms with van der Waals surface area (Å²) < 4.78 is 0. The third kappa shape index (κ3) is 3.13. The van der Waals surface area contributed by atoms with Gasteiger partial charge < -0.3 is 5.32 Å². The van der Waals surface area contributed by atoms with Crippen LogP contribution in [0.3, 0.4) is 0 Å². The summed E-state index contributed by atoms with van der Waals surface area (Å²) in [6.07, 6.45) is 2.98. The number of rotatable bonds is 6. The molecule has 0 aromatic carbocycles. The summed E-state index contributed by atoms with van der Waals surface area (Å²) in [5.74, 6) is 2.45. The topological polar surface area (TPSA) is 66.5 Å². The Hall–Kier alpha value is -1.30. The molecule has 0 radical (unpaired) electrons. The molecule has 0 spiro atoms.